The van der Waals surface area contributed by atoms with Crippen molar-refractivity contribution in [1.29, 1.82) is 0 Å². The van der Waals surface area contributed by atoms with Crippen LogP contribution in [0, 0.1) is 0 Å². The fourth-order valence-corrected chi connectivity index (χ4v) is 1.58. The van der Waals surface area contributed by atoms with Crippen LogP contribution in [0.15, 0.2) is 42.6 Å². The smallest absolute Gasteiger partial charge is 0.118 e. The van der Waals surface area contributed by atoms with E-state index in [4.69, 9.17) is 16.3 Å². The normalized spacial score (nSPS) is 10.0. The number of nitrogens with zero attached hydrogens (tertiary/aromatic N) is 1. The first kappa shape index (κ1) is 9.99. The maximum absolute atomic E-state index is 6.04. The van der Waals surface area contributed by atoms with Crippen molar-refractivity contribution in [1.82, 2.24) is 4.98 Å². The minimum atomic E-state index is 0.655. The average Bonchev–Trinajstić information content (AvgIpc) is 2.30. The number of ether oxygens (including phenoxy) is 1. The van der Waals surface area contributed by atoms with E-state index in [1.54, 1.807) is 13.3 Å². The summed E-state index contributed by atoms with van der Waals surface area (Å²) in [4.78, 5) is 4.23. The second kappa shape index (κ2) is 4.32. The van der Waals surface area contributed by atoms with Crippen LogP contribution in [0.3, 0.4) is 0 Å². The third kappa shape index (κ3) is 2.10. The second-order valence-electron chi connectivity index (χ2n) is 3.06. The summed E-state index contributed by atoms with van der Waals surface area (Å²) in [5, 5.41) is 0.655. The van der Waals surface area contributed by atoms with E-state index in [1.807, 2.05) is 36.4 Å². The van der Waals surface area contributed by atoms with Crippen LogP contribution in [0.25, 0.3) is 11.3 Å². The van der Waals surface area contributed by atoms with E-state index in [9.17, 15) is 0 Å². The zero-order chi connectivity index (χ0) is 10.7. The van der Waals surface area contributed by atoms with Gasteiger partial charge in [0, 0.05) is 11.8 Å². The number of benzene rings is 1. The van der Waals surface area contributed by atoms with E-state index in [-0.39, 0.29) is 0 Å². The van der Waals surface area contributed by atoms with Gasteiger partial charge in [0.1, 0.15) is 5.75 Å². The molecule has 0 atom stereocenters. The molecule has 1 heterocycles. The number of aromatic nitrogens is 1. The molecule has 2 rings (SSSR count). The molecule has 0 unspecified atom stereocenters. The highest BCUT2D eigenvalue weighted by Crippen LogP contribution is 2.26. The van der Waals surface area contributed by atoms with Crippen LogP contribution < -0.4 is 4.74 Å². The predicted molar refractivity (Wildman–Crippen MR) is 61.2 cm³/mol. The number of rotatable bonds is 2. The lowest BCUT2D eigenvalue weighted by atomic mass is 10.1. The van der Waals surface area contributed by atoms with E-state index in [0.29, 0.717) is 5.02 Å². The van der Waals surface area contributed by atoms with Crippen molar-refractivity contribution in [2.45, 2.75) is 0 Å². The van der Waals surface area contributed by atoms with Crippen LogP contribution in [0.2, 0.25) is 5.02 Å². The third-order valence-electron chi connectivity index (χ3n) is 2.12. The molecule has 1 aromatic carbocycles. The van der Waals surface area contributed by atoms with Crippen LogP contribution in [0.1, 0.15) is 0 Å². The molecule has 76 valence electrons. The largest absolute Gasteiger partial charge is 0.497 e. The summed E-state index contributed by atoms with van der Waals surface area (Å²) in [5.41, 5.74) is 1.78. The molecular weight excluding hydrogens is 210 g/mol. The molecule has 0 bridgehead atoms. The maximum Gasteiger partial charge on any atom is 0.118 e. The van der Waals surface area contributed by atoms with Crippen molar-refractivity contribution in [3.63, 3.8) is 0 Å². The van der Waals surface area contributed by atoms with Gasteiger partial charge in [-0.25, -0.2) is 0 Å². The number of methoxy groups -OCH3 is 1. The molecule has 15 heavy (non-hydrogen) atoms. The van der Waals surface area contributed by atoms with Gasteiger partial charge in [-0.2, -0.15) is 0 Å². The Labute approximate surface area is 93.5 Å². The molecule has 1 aromatic heterocycles. The quantitative estimate of drug-likeness (QED) is 0.772. The SMILES string of the molecule is COc1ccc(-c2ncccc2Cl)cc1. The fourth-order valence-electron chi connectivity index (χ4n) is 1.35. The molecule has 0 aliphatic heterocycles. The first-order valence-corrected chi connectivity index (χ1v) is 4.94. The van der Waals surface area contributed by atoms with Gasteiger partial charge in [-0.3, -0.25) is 4.98 Å². The fraction of sp³-hybridized carbons (Fsp3) is 0.0833. The summed E-state index contributed by atoms with van der Waals surface area (Å²) in [5.74, 6) is 0.825. The van der Waals surface area contributed by atoms with Gasteiger partial charge in [-0.15, -0.1) is 0 Å². The maximum atomic E-state index is 6.04. The van der Waals surface area contributed by atoms with Gasteiger partial charge >= 0.3 is 0 Å². The molecular formula is C12H10ClNO. The average molecular weight is 220 g/mol. The molecule has 0 radical (unpaired) electrons. The van der Waals surface area contributed by atoms with E-state index in [2.05, 4.69) is 4.98 Å². The molecule has 0 amide bonds. The summed E-state index contributed by atoms with van der Waals surface area (Å²) in [6, 6.07) is 11.3. The molecule has 2 aromatic rings. The highest BCUT2D eigenvalue weighted by Gasteiger charge is 2.03. The van der Waals surface area contributed by atoms with E-state index >= 15 is 0 Å². The molecule has 3 heteroatoms. The Hall–Kier alpha value is -1.54. The first-order chi connectivity index (χ1) is 7.31. The Morgan fingerprint density at radius 3 is 2.47 bits per heavy atom. The molecule has 0 saturated carbocycles. The van der Waals surface area contributed by atoms with E-state index in [0.717, 1.165) is 17.0 Å². The lowest BCUT2D eigenvalue weighted by Gasteiger charge is -2.04. The number of hydrogen-bond donors (Lipinski definition) is 0. The summed E-state index contributed by atoms with van der Waals surface area (Å²) in [6.45, 7) is 0. The number of halogens is 1. The van der Waals surface area contributed by atoms with Crippen LogP contribution in [0.4, 0.5) is 0 Å². The standard InChI is InChI=1S/C12H10ClNO/c1-15-10-6-4-9(5-7-10)12-11(13)3-2-8-14-12/h2-8H,1H3. The van der Waals surface area contributed by atoms with Crippen molar-refractivity contribution in [2.24, 2.45) is 0 Å². The van der Waals surface area contributed by atoms with Crippen LogP contribution in [-0.2, 0) is 0 Å². The Balaban J connectivity index is 2.42. The van der Waals surface area contributed by atoms with Crippen molar-refractivity contribution in [3.8, 4) is 17.0 Å². The second-order valence-corrected chi connectivity index (χ2v) is 3.47. The summed E-state index contributed by atoms with van der Waals surface area (Å²) in [7, 11) is 1.64. The topological polar surface area (TPSA) is 22.1 Å². The highest BCUT2D eigenvalue weighted by atomic mass is 35.5. The summed E-state index contributed by atoms with van der Waals surface area (Å²) in [6.07, 6.45) is 1.73. The zero-order valence-corrected chi connectivity index (χ0v) is 9.03. The van der Waals surface area contributed by atoms with Crippen molar-refractivity contribution in [3.05, 3.63) is 47.6 Å². The zero-order valence-electron chi connectivity index (χ0n) is 8.27. The van der Waals surface area contributed by atoms with Gasteiger partial charge in [0.05, 0.1) is 17.8 Å². The number of hydrogen-bond acceptors (Lipinski definition) is 2. The van der Waals surface area contributed by atoms with Crippen LogP contribution in [0.5, 0.6) is 5.75 Å². The molecule has 0 N–H and O–H groups in total. The predicted octanol–water partition coefficient (Wildman–Crippen LogP) is 3.41. The van der Waals surface area contributed by atoms with Gasteiger partial charge in [-0.1, -0.05) is 11.6 Å². The van der Waals surface area contributed by atoms with Crippen LogP contribution in [-0.4, -0.2) is 12.1 Å². The molecule has 0 saturated heterocycles. The van der Waals surface area contributed by atoms with Crippen molar-refractivity contribution < 1.29 is 4.74 Å². The summed E-state index contributed by atoms with van der Waals surface area (Å²) < 4.78 is 5.08. The third-order valence-corrected chi connectivity index (χ3v) is 2.43. The van der Waals surface area contributed by atoms with Crippen molar-refractivity contribution >= 4 is 11.6 Å². The molecule has 0 aliphatic carbocycles. The Morgan fingerprint density at radius 1 is 1.13 bits per heavy atom. The van der Waals surface area contributed by atoms with Gasteiger partial charge < -0.3 is 4.74 Å². The Morgan fingerprint density at radius 2 is 1.87 bits per heavy atom. The number of pyridine rings is 1. The lowest BCUT2D eigenvalue weighted by Crippen LogP contribution is -1.85. The van der Waals surface area contributed by atoms with E-state index < -0.39 is 0 Å². The minimum Gasteiger partial charge on any atom is -0.497 e. The lowest BCUT2D eigenvalue weighted by molar-refractivity contribution is 0.415. The van der Waals surface area contributed by atoms with Gasteiger partial charge in [0.2, 0.25) is 0 Å². The highest BCUT2D eigenvalue weighted by molar-refractivity contribution is 6.33. The molecule has 0 fully saturated rings. The van der Waals surface area contributed by atoms with Gasteiger partial charge in [0.25, 0.3) is 0 Å². The van der Waals surface area contributed by atoms with Crippen LogP contribution >= 0.6 is 11.6 Å². The molecule has 0 spiro atoms. The minimum absolute atomic E-state index is 0.655. The van der Waals surface area contributed by atoms with Gasteiger partial charge in [0.15, 0.2) is 0 Å². The molecule has 2 nitrogen and oxygen atoms in total. The van der Waals surface area contributed by atoms with Gasteiger partial charge in [-0.05, 0) is 36.4 Å². The monoisotopic (exact) mass is 219 g/mol. The first-order valence-electron chi connectivity index (χ1n) is 4.56. The Kier molecular flexibility index (Phi) is 2.88. The Bertz CT molecular complexity index is 453. The van der Waals surface area contributed by atoms with E-state index in [1.165, 1.54) is 0 Å². The molecule has 0 aliphatic rings. The van der Waals surface area contributed by atoms with Crippen molar-refractivity contribution in [2.75, 3.05) is 7.11 Å². The summed E-state index contributed by atoms with van der Waals surface area (Å²) >= 11 is 6.04.